The van der Waals surface area contributed by atoms with E-state index < -0.39 is 0 Å². The molecule has 2 N–H and O–H groups in total. The van der Waals surface area contributed by atoms with Crippen molar-refractivity contribution in [1.29, 1.82) is 5.26 Å². The molecule has 0 bridgehead atoms. The van der Waals surface area contributed by atoms with E-state index in [0.29, 0.717) is 23.5 Å². The molecule has 0 saturated carbocycles. The maximum Gasteiger partial charge on any atom is 0.348 e. The number of aliphatic imine (C=N–C) groups is 1. The number of guanidine groups is 1. The summed E-state index contributed by atoms with van der Waals surface area (Å²) in [6.07, 6.45) is 1.61. The summed E-state index contributed by atoms with van der Waals surface area (Å²) in [5.74, 6) is 0.412. The summed E-state index contributed by atoms with van der Waals surface area (Å²) in [6.45, 7) is 2.06. The number of nitrogens with two attached hydrogens (primary N) is 1. The zero-order valence-corrected chi connectivity index (χ0v) is 18.0. The predicted molar refractivity (Wildman–Crippen MR) is 116 cm³/mol. The number of methoxy groups -OCH3 is 1. The fourth-order valence-corrected chi connectivity index (χ4v) is 5.33. The largest absolute Gasteiger partial charge is 0.465 e. The molecule has 31 heavy (non-hydrogen) atoms. The minimum atomic E-state index is -0.369. The quantitative estimate of drug-likeness (QED) is 0.581. The van der Waals surface area contributed by atoms with Gasteiger partial charge in [0.15, 0.2) is 6.23 Å². The molecule has 8 nitrogen and oxygen atoms in total. The highest BCUT2D eigenvalue weighted by atomic mass is 32.1. The number of piperidine rings is 1. The number of thiophene rings is 1. The minimum absolute atomic E-state index is 0.0800. The van der Waals surface area contributed by atoms with Crippen LogP contribution in [0.4, 0.5) is 5.69 Å². The number of carbonyl (C=O) groups is 1. The van der Waals surface area contributed by atoms with Crippen LogP contribution in [0.25, 0.3) is 0 Å². The first-order valence-electron chi connectivity index (χ1n) is 10.3. The number of epoxide rings is 1. The van der Waals surface area contributed by atoms with Crippen molar-refractivity contribution >= 4 is 29.0 Å². The van der Waals surface area contributed by atoms with Gasteiger partial charge >= 0.3 is 5.97 Å². The molecule has 0 amide bonds. The normalized spacial score (nSPS) is 24.4. The summed E-state index contributed by atoms with van der Waals surface area (Å²) >= 11 is 1.37. The van der Waals surface area contributed by atoms with Crippen molar-refractivity contribution in [1.82, 2.24) is 9.80 Å². The number of benzene rings is 1. The Morgan fingerprint density at radius 1 is 1.45 bits per heavy atom. The van der Waals surface area contributed by atoms with Crippen molar-refractivity contribution in [2.45, 2.75) is 37.8 Å². The molecule has 160 valence electrons. The predicted octanol–water partition coefficient (Wildman–Crippen LogP) is 2.73. The number of hydrogen-bond donors (Lipinski definition) is 1. The third kappa shape index (κ3) is 3.67. The number of fused-ring (bicyclic) bond motifs is 3. The Morgan fingerprint density at radius 2 is 2.29 bits per heavy atom. The Morgan fingerprint density at radius 3 is 3.06 bits per heavy atom. The van der Waals surface area contributed by atoms with Gasteiger partial charge in [-0.1, -0.05) is 18.2 Å². The van der Waals surface area contributed by atoms with Crippen LogP contribution in [0.3, 0.4) is 0 Å². The van der Waals surface area contributed by atoms with Crippen LogP contribution in [-0.4, -0.2) is 54.2 Å². The van der Waals surface area contributed by atoms with Crippen molar-refractivity contribution in [2.75, 3.05) is 20.2 Å². The van der Waals surface area contributed by atoms with Gasteiger partial charge < -0.3 is 25.0 Å². The number of likely N-dealkylation sites (tertiary alicyclic amines) is 1. The van der Waals surface area contributed by atoms with Crippen molar-refractivity contribution in [3.8, 4) is 6.07 Å². The average Bonchev–Trinajstić information content (AvgIpc) is 3.48. The van der Waals surface area contributed by atoms with Crippen LogP contribution < -0.4 is 5.73 Å². The van der Waals surface area contributed by atoms with E-state index in [4.69, 9.17) is 20.2 Å². The van der Waals surface area contributed by atoms with E-state index in [9.17, 15) is 10.1 Å². The van der Waals surface area contributed by atoms with Gasteiger partial charge in [-0.05, 0) is 30.5 Å². The molecule has 5 rings (SSSR count). The molecule has 0 aliphatic carbocycles. The molecule has 2 saturated heterocycles. The Hall–Kier alpha value is -2.93. The summed E-state index contributed by atoms with van der Waals surface area (Å²) < 4.78 is 11.0. The van der Waals surface area contributed by atoms with E-state index in [-0.39, 0.29) is 24.3 Å². The van der Waals surface area contributed by atoms with E-state index in [1.54, 1.807) is 6.07 Å². The number of nitriles is 1. The third-order valence-electron chi connectivity index (χ3n) is 5.86. The molecule has 1 aromatic carbocycles. The first kappa shape index (κ1) is 20.0. The number of nitrogens with zero attached hydrogens (tertiary/aromatic N) is 4. The Bertz CT molecular complexity index is 1090. The summed E-state index contributed by atoms with van der Waals surface area (Å²) in [5.41, 5.74) is 8.57. The molecule has 0 spiro atoms. The zero-order chi connectivity index (χ0) is 21.5. The number of esters is 1. The van der Waals surface area contributed by atoms with Crippen molar-refractivity contribution in [3.63, 3.8) is 0 Å². The fraction of sp³-hybridized carbons (Fsp3) is 0.409. The molecule has 2 aromatic rings. The molecule has 2 unspecified atom stereocenters. The van der Waals surface area contributed by atoms with Crippen LogP contribution in [-0.2, 0) is 16.0 Å². The summed E-state index contributed by atoms with van der Waals surface area (Å²) in [5, 5.41) is 9.54. The van der Waals surface area contributed by atoms with E-state index in [1.165, 1.54) is 18.4 Å². The summed E-state index contributed by atoms with van der Waals surface area (Å²) in [6, 6.07) is 11.7. The van der Waals surface area contributed by atoms with Gasteiger partial charge in [0.1, 0.15) is 11.0 Å². The molecule has 3 atom stereocenters. The van der Waals surface area contributed by atoms with Crippen molar-refractivity contribution in [3.05, 3.63) is 51.2 Å². The lowest BCUT2D eigenvalue weighted by atomic mass is 10.1. The van der Waals surface area contributed by atoms with Gasteiger partial charge in [-0.3, -0.25) is 0 Å². The van der Waals surface area contributed by atoms with Gasteiger partial charge in [-0.25, -0.2) is 9.79 Å². The van der Waals surface area contributed by atoms with Gasteiger partial charge in [0.25, 0.3) is 0 Å². The van der Waals surface area contributed by atoms with Crippen LogP contribution in [0.15, 0.2) is 35.3 Å². The highest BCUT2D eigenvalue weighted by Gasteiger charge is 2.51. The van der Waals surface area contributed by atoms with Gasteiger partial charge in [0, 0.05) is 25.7 Å². The van der Waals surface area contributed by atoms with E-state index >= 15 is 0 Å². The van der Waals surface area contributed by atoms with Gasteiger partial charge in [-0.15, -0.1) is 11.3 Å². The summed E-state index contributed by atoms with van der Waals surface area (Å²) in [4.78, 5) is 22.8. The Kier molecular flexibility index (Phi) is 5.14. The lowest BCUT2D eigenvalue weighted by Gasteiger charge is -2.37. The molecule has 0 radical (unpaired) electrons. The number of ether oxygens (including phenoxy) is 2. The highest BCUT2D eigenvalue weighted by Crippen LogP contribution is 2.51. The Labute approximate surface area is 184 Å². The second-order valence-corrected chi connectivity index (χ2v) is 9.04. The second-order valence-electron chi connectivity index (χ2n) is 7.96. The second kappa shape index (κ2) is 7.96. The molecule has 3 aliphatic rings. The van der Waals surface area contributed by atoms with Crippen molar-refractivity contribution in [2.24, 2.45) is 10.7 Å². The SMILES string of the molecule is COC(=O)c1cc2c(s1)C1OC1N(Cc1ccccc1C#N)C(N1CCC[C@@H](N)C1)=N2. The number of rotatable bonds is 3. The molecule has 4 heterocycles. The first-order chi connectivity index (χ1) is 15.1. The fourth-order valence-electron chi connectivity index (χ4n) is 4.26. The van der Waals surface area contributed by atoms with Crippen LogP contribution >= 0.6 is 11.3 Å². The third-order valence-corrected chi connectivity index (χ3v) is 7.02. The first-order valence-corrected chi connectivity index (χ1v) is 11.1. The van der Waals surface area contributed by atoms with Crippen LogP contribution in [0, 0.1) is 11.3 Å². The number of hydrogen-bond acceptors (Lipinski definition) is 9. The molecule has 2 fully saturated rings. The number of carbonyl (C=O) groups excluding carboxylic acids is 1. The zero-order valence-electron chi connectivity index (χ0n) is 17.2. The minimum Gasteiger partial charge on any atom is -0.465 e. The maximum atomic E-state index is 12.1. The van der Waals surface area contributed by atoms with Crippen LogP contribution in [0.5, 0.6) is 0 Å². The maximum absolute atomic E-state index is 12.1. The van der Waals surface area contributed by atoms with Crippen LogP contribution in [0.1, 0.15) is 44.6 Å². The molecule has 1 aromatic heterocycles. The van der Waals surface area contributed by atoms with Gasteiger partial charge in [0.2, 0.25) is 5.96 Å². The van der Waals surface area contributed by atoms with E-state index in [2.05, 4.69) is 15.9 Å². The van der Waals surface area contributed by atoms with Crippen molar-refractivity contribution < 1.29 is 14.3 Å². The van der Waals surface area contributed by atoms with Crippen LogP contribution in [0.2, 0.25) is 0 Å². The molecular weight excluding hydrogens is 414 g/mol. The smallest absolute Gasteiger partial charge is 0.348 e. The molecular formula is C22H23N5O3S. The van der Waals surface area contributed by atoms with E-state index in [0.717, 1.165) is 41.5 Å². The monoisotopic (exact) mass is 437 g/mol. The topological polar surface area (TPSA) is 107 Å². The lowest BCUT2D eigenvalue weighted by Crippen LogP contribution is -2.52. The molecule has 3 aliphatic heterocycles. The van der Waals surface area contributed by atoms with Gasteiger partial charge in [-0.2, -0.15) is 5.26 Å². The lowest BCUT2D eigenvalue weighted by molar-refractivity contribution is 0.0606. The standard InChI is InChI=1S/C22H23N5O3S/c1-29-21(28)17-9-16-19(31-17)18-20(30-18)27(11-14-6-3-2-5-13(14)10-23)22(25-16)26-8-4-7-15(24)12-26/h2-3,5-6,9,15,18,20H,4,7-8,11-12,24H2,1H3/t15-,18?,20?/m1/s1. The summed E-state index contributed by atoms with van der Waals surface area (Å²) in [7, 11) is 1.38. The Balaban J connectivity index is 1.56. The molecule has 9 heteroatoms. The van der Waals surface area contributed by atoms with Gasteiger partial charge in [0.05, 0.1) is 29.3 Å². The average molecular weight is 438 g/mol. The van der Waals surface area contributed by atoms with E-state index in [1.807, 2.05) is 24.3 Å². The highest BCUT2D eigenvalue weighted by molar-refractivity contribution is 7.14.